The van der Waals surface area contributed by atoms with Gasteiger partial charge in [-0.3, -0.25) is 4.90 Å². The first-order valence-electron chi connectivity index (χ1n) is 12.0. The Bertz CT molecular complexity index is 1270. The first-order chi connectivity index (χ1) is 17.4. The van der Waals surface area contributed by atoms with Crippen LogP contribution in [0.15, 0.2) is 30.3 Å². The second kappa shape index (κ2) is 10.8. The smallest absolute Gasteiger partial charge is 0.419 e. The van der Waals surface area contributed by atoms with Crippen molar-refractivity contribution < 1.29 is 31.8 Å². The van der Waals surface area contributed by atoms with Crippen LogP contribution >= 0.6 is 11.3 Å². The average Bonchev–Trinajstić information content (AvgIpc) is 3.21. The number of benzene rings is 2. The molecule has 0 saturated carbocycles. The lowest BCUT2D eigenvalue weighted by Crippen LogP contribution is -2.56. The molecule has 37 heavy (non-hydrogen) atoms. The van der Waals surface area contributed by atoms with E-state index >= 15 is 0 Å². The number of thiazole rings is 1. The zero-order chi connectivity index (χ0) is 26.9. The van der Waals surface area contributed by atoms with E-state index in [1.807, 2.05) is 24.0 Å². The number of carbonyl (C=O) groups excluding carboxylic acids is 1. The molecule has 0 bridgehead atoms. The Labute approximate surface area is 216 Å². The number of aryl methyl sites for hydroxylation is 1. The van der Waals surface area contributed by atoms with Crippen molar-refractivity contribution in [2.75, 3.05) is 31.2 Å². The number of rotatable bonds is 7. The van der Waals surface area contributed by atoms with Crippen LogP contribution in [-0.4, -0.2) is 54.2 Å². The summed E-state index contributed by atoms with van der Waals surface area (Å²) in [4.78, 5) is 20.5. The second-order valence-corrected chi connectivity index (χ2v) is 10.3. The molecule has 2 atom stereocenters. The summed E-state index contributed by atoms with van der Waals surface area (Å²) >= 11 is 1.14. The highest BCUT2D eigenvalue weighted by molar-refractivity contribution is 7.22. The third-order valence-corrected chi connectivity index (χ3v) is 7.36. The summed E-state index contributed by atoms with van der Waals surface area (Å²) in [6.07, 6.45) is -4.75. The Morgan fingerprint density at radius 3 is 2.49 bits per heavy atom. The van der Waals surface area contributed by atoms with E-state index in [9.17, 15) is 22.4 Å². The quantitative estimate of drug-likeness (QED) is 0.279. The Balaban J connectivity index is 1.47. The molecule has 2 aromatic carbocycles. The molecule has 2 heterocycles. The number of piperazine rings is 1. The van der Waals surface area contributed by atoms with Gasteiger partial charge in [-0.05, 0) is 57.0 Å². The average molecular weight is 540 g/mol. The summed E-state index contributed by atoms with van der Waals surface area (Å²) in [5.74, 6) is -1.13. The lowest BCUT2D eigenvalue weighted by molar-refractivity contribution is -0.145. The van der Waals surface area contributed by atoms with Crippen molar-refractivity contribution in [2.24, 2.45) is 0 Å². The van der Waals surface area contributed by atoms with Gasteiger partial charge in [-0.15, -0.1) is 0 Å². The number of aromatic nitrogens is 1. The molecule has 1 saturated heterocycles. The monoisotopic (exact) mass is 539 g/mol. The molecule has 0 radical (unpaired) electrons. The van der Waals surface area contributed by atoms with Gasteiger partial charge in [-0.1, -0.05) is 17.4 Å². The van der Waals surface area contributed by atoms with E-state index < -0.39 is 23.5 Å². The Morgan fingerprint density at radius 2 is 1.84 bits per heavy atom. The van der Waals surface area contributed by atoms with E-state index in [1.54, 1.807) is 6.92 Å². The molecule has 0 amide bonds. The molecule has 3 aromatic rings. The van der Waals surface area contributed by atoms with Gasteiger partial charge < -0.3 is 14.4 Å². The molecular weight excluding hydrogens is 510 g/mol. The molecule has 4 rings (SSSR count). The predicted octanol–water partition coefficient (Wildman–Crippen LogP) is 5.80. The molecule has 1 aromatic heterocycles. The van der Waals surface area contributed by atoms with E-state index in [0.29, 0.717) is 41.8 Å². The maximum absolute atomic E-state index is 14.0. The fourth-order valence-electron chi connectivity index (χ4n) is 4.67. The van der Waals surface area contributed by atoms with Gasteiger partial charge in [0.2, 0.25) is 0 Å². The maximum Gasteiger partial charge on any atom is 0.419 e. The fourth-order valence-corrected chi connectivity index (χ4v) is 5.67. The highest BCUT2D eigenvalue weighted by Crippen LogP contribution is 2.38. The van der Waals surface area contributed by atoms with Crippen LogP contribution in [-0.2, 0) is 22.3 Å². The Morgan fingerprint density at radius 1 is 1.14 bits per heavy atom. The molecular formula is C26H29F4N3O3S. The summed E-state index contributed by atoms with van der Waals surface area (Å²) in [5.41, 5.74) is 1.00. The minimum Gasteiger partial charge on any atom is -0.482 e. The molecule has 11 heteroatoms. The largest absolute Gasteiger partial charge is 0.482 e. The molecule has 0 spiro atoms. The topological polar surface area (TPSA) is 54.9 Å². The highest BCUT2D eigenvalue weighted by Gasteiger charge is 2.35. The number of halogens is 4. The lowest BCUT2D eigenvalue weighted by Gasteiger charge is -2.44. The molecule has 6 nitrogen and oxygen atoms in total. The molecule has 0 unspecified atom stereocenters. The van der Waals surface area contributed by atoms with Crippen LogP contribution in [0.25, 0.3) is 10.2 Å². The fraction of sp³-hybridized carbons (Fsp3) is 0.462. The van der Waals surface area contributed by atoms with Crippen LogP contribution in [0.5, 0.6) is 5.75 Å². The molecule has 1 aliphatic rings. The van der Waals surface area contributed by atoms with E-state index in [-0.39, 0.29) is 24.2 Å². The van der Waals surface area contributed by atoms with Gasteiger partial charge in [0, 0.05) is 37.8 Å². The van der Waals surface area contributed by atoms with Crippen LogP contribution in [0, 0.1) is 12.7 Å². The number of carbonyl (C=O) groups is 1. The van der Waals surface area contributed by atoms with Gasteiger partial charge in [-0.2, -0.15) is 13.2 Å². The second-order valence-electron chi connectivity index (χ2n) is 9.32. The molecule has 0 aliphatic carbocycles. The van der Waals surface area contributed by atoms with Crippen molar-refractivity contribution in [2.45, 2.75) is 52.5 Å². The Hall–Kier alpha value is -2.92. The first-order valence-corrected chi connectivity index (χ1v) is 12.8. The van der Waals surface area contributed by atoms with Gasteiger partial charge in [0.05, 0.1) is 22.4 Å². The van der Waals surface area contributed by atoms with Crippen molar-refractivity contribution in [3.63, 3.8) is 0 Å². The molecule has 200 valence electrons. The van der Waals surface area contributed by atoms with E-state index in [0.717, 1.165) is 34.6 Å². The summed E-state index contributed by atoms with van der Waals surface area (Å²) in [6.45, 7) is 9.93. The summed E-state index contributed by atoms with van der Waals surface area (Å²) in [5, 5.41) is 0.581. The van der Waals surface area contributed by atoms with Crippen LogP contribution in [0.1, 0.15) is 37.5 Å². The third kappa shape index (κ3) is 6.32. The minimum atomic E-state index is -4.75. The normalized spacial score (nSPS) is 18.9. The van der Waals surface area contributed by atoms with Crippen LogP contribution in [0.3, 0.4) is 0 Å². The van der Waals surface area contributed by atoms with Crippen molar-refractivity contribution in [1.82, 2.24) is 9.88 Å². The molecule has 1 fully saturated rings. The van der Waals surface area contributed by atoms with Crippen molar-refractivity contribution in [1.29, 1.82) is 0 Å². The minimum absolute atomic E-state index is 0.114. The molecule has 1 aliphatic heterocycles. The number of hydrogen-bond acceptors (Lipinski definition) is 7. The van der Waals surface area contributed by atoms with Crippen molar-refractivity contribution >= 4 is 32.7 Å². The van der Waals surface area contributed by atoms with E-state index in [1.165, 1.54) is 0 Å². The highest BCUT2D eigenvalue weighted by atomic mass is 32.1. The number of hydrogen-bond donors (Lipinski definition) is 0. The van der Waals surface area contributed by atoms with Crippen LogP contribution in [0.2, 0.25) is 0 Å². The standard InChI is InChI=1S/C26H29F4N3O3S/c1-5-35-24(34)14-36-19-7-15(2)6-18(8-19)13-33-16(3)11-32(12-17(33)4)25-31-22-10-21(27)20(26(28,29)30)9-23(22)37-25/h6-10,16-17H,5,11-14H2,1-4H3/t16-,17+. The number of ether oxygens (including phenoxy) is 2. The van der Waals surface area contributed by atoms with Crippen molar-refractivity contribution in [3.05, 3.63) is 52.8 Å². The lowest BCUT2D eigenvalue weighted by atomic mass is 10.0. The van der Waals surface area contributed by atoms with Gasteiger partial charge in [0.25, 0.3) is 0 Å². The molecule has 0 N–H and O–H groups in total. The SMILES string of the molecule is CCOC(=O)COc1cc(C)cc(CN2[C@H](C)CN(c3nc4cc(F)c(C(F)(F)F)cc4s3)C[C@@H]2C)c1. The third-order valence-electron chi connectivity index (χ3n) is 6.28. The van der Waals surface area contributed by atoms with Crippen LogP contribution in [0.4, 0.5) is 22.7 Å². The van der Waals surface area contributed by atoms with Gasteiger partial charge >= 0.3 is 12.1 Å². The number of anilines is 1. The van der Waals surface area contributed by atoms with E-state index in [2.05, 4.69) is 29.8 Å². The predicted molar refractivity (Wildman–Crippen MR) is 135 cm³/mol. The first kappa shape index (κ1) is 27.1. The van der Waals surface area contributed by atoms with Gasteiger partial charge in [0.15, 0.2) is 11.7 Å². The number of nitrogens with zero attached hydrogens (tertiary/aromatic N) is 3. The maximum atomic E-state index is 14.0. The Kier molecular flexibility index (Phi) is 7.94. The zero-order valence-corrected chi connectivity index (χ0v) is 21.9. The number of esters is 1. The summed E-state index contributed by atoms with van der Waals surface area (Å²) in [7, 11) is 0. The number of alkyl halides is 3. The van der Waals surface area contributed by atoms with E-state index in [4.69, 9.17) is 9.47 Å². The van der Waals surface area contributed by atoms with Gasteiger partial charge in [-0.25, -0.2) is 14.2 Å². The summed E-state index contributed by atoms with van der Waals surface area (Å²) < 4.78 is 64.2. The van der Waals surface area contributed by atoms with Gasteiger partial charge in [0.1, 0.15) is 11.6 Å². The zero-order valence-electron chi connectivity index (χ0n) is 21.1. The summed E-state index contributed by atoms with van der Waals surface area (Å²) in [6, 6.07) is 7.79. The van der Waals surface area contributed by atoms with Crippen molar-refractivity contribution in [3.8, 4) is 5.75 Å². The number of fused-ring (bicyclic) bond motifs is 1. The van der Waals surface area contributed by atoms with Crippen LogP contribution < -0.4 is 9.64 Å².